The summed E-state index contributed by atoms with van der Waals surface area (Å²) in [7, 11) is 0. The van der Waals surface area contributed by atoms with Crippen LogP contribution in [-0.4, -0.2) is 32.6 Å². The van der Waals surface area contributed by atoms with Crippen LogP contribution in [0.4, 0.5) is 23.5 Å². The summed E-state index contributed by atoms with van der Waals surface area (Å²) in [4.78, 5) is 26.6. The van der Waals surface area contributed by atoms with Crippen molar-refractivity contribution < 1.29 is 17.6 Å². The van der Waals surface area contributed by atoms with Crippen LogP contribution in [0.3, 0.4) is 0 Å². The van der Waals surface area contributed by atoms with E-state index in [9.17, 15) is 22.4 Å². The fraction of sp³-hybridized carbons (Fsp3) is 0.333. The van der Waals surface area contributed by atoms with Gasteiger partial charge in [0.05, 0.1) is 6.54 Å². The van der Waals surface area contributed by atoms with Crippen molar-refractivity contribution in [1.29, 1.82) is 0 Å². The number of anilines is 1. The van der Waals surface area contributed by atoms with Crippen molar-refractivity contribution in [2.75, 3.05) is 18.0 Å². The molecule has 0 radical (unpaired) electrons. The highest BCUT2D eigenvalue weighted by atomic mass is 32.1. The molecule has 0 saturated carbocycles. The van der Waals surface area contributed by atoms with E-state index in [1.165, 1.54) is 16.7 Å². The fourth-order valence-electron chi connectivity index (χ4n) is 3.63. The van der Waals surface area contributed by atoms with Gasteiger partial charge in [-0.3, -0.25) is 4.57 Å². The van der Waals surface area contributed by atoms with Gasteiger partial charge < -0.3 is 4.90 Å². The number of hydrogen-bond donors (Lipinski definition) is 0. The lowest BCUT2D eigenvalue weighted by Gasteiger charge is -2.31. The summed E-state index contributed by atoms with van der Waals surface area (Å²) < 4.78 is 52.7. The first-order chi connectivity index (χ1) is 15.1. The van der Waals surface area contributed by atoms with Crippen molar-refractivity contribution in [2.24, 2.45) is 5.92 Å². The Kier molecular flexibility index (Phi) is 5.85. The summed E-state index contributed by atoms with van der Waals surface area (Å²) >= 11 is 0.491. The average molecular weight is 465 g/mol. The van der Waals surface area contributed by atoms with E-state index < -0.39 is 16.9 Å². The first-order valence-electron chi connectivity index (χ1n) is 9.80. The van der Waals surface area contributed by atoms with Gasteiger partial charge in [0.25, 0.3) is 0 Å². The fourth-order valence-corrected chi connectivity index (χ4v) is 4.40. The Bertz CT molecular complexity index is 1220. The van der Waals surface area contributed by atoms with Crippen LogP contribution in [0.1, 0.15) is 28.2 Å². The van der Waals surface area contributed by atoms with Crippen molar-refractivity contribution >= 4 is 22.9 Å². The predicted molar refractivity (Wildman–Crippen MR) is 113 cm³/mol. The highest BCUT2D eigenvalue weighted by molar-refractivity contribution is 7.11. The number of aryl methyl sites for hydroxylation is 1. The standard InChI is InChI=1S/C21H19F4N5OS/c1-12-10-29(8-7-17(12)14-3-5-15(22)6-4-14)19-27-13(2)30(20(31)28-19)11-16-9-26-18(32-16)21(23,24)25/h3-7,9,12H,8,10-11H2,1-2H3/t12-/m0/s1. The number of thiazole rings is 1. The Balaban J connectivity index is 1.54. The predicted octanol–water partition coefficient (Wildman–Crippen LogP) is 4.15. The summed E-state index contributed by atoms with van der Waals surface area (Å²) in [6.07, 6.45) is -1.41. The Labute approximate surface area is 184 Å². The number of aromatic nitrogens is 4. The Hall–Kier alpha value is -3.08. The molecule has 3 heterocycles. The van der Waals surface area contributed by atoms with Gasteiger partial charge in [-0.25, -0.2) is 14.2 Å². The van der Waals surface area contributed by atoms with Gasteiger partial charge in [-0.15, -0.1) is 11.3 Å². The molecule has 4 rings (SSSR count). The van der Waals surface area contributed by atoms with E-state index >= 15 is 0 Å². The summed E-state index contributed by atoms with van der Waals surface area (Å²) in [5, 5.41) is -0.957. The van der Waals surface area contributed by atoms with Crippen LogP contribution >= 0.6 is 11.3 Å². The zero-order chi connectivity index (χ0) is 23.0. The lowest BCUT2D eigenvalue weighted by molar-refractivity contribution is -0.137. The van der Waals surface area contributed by atoms with Gasteiger partial charge in [0.15, 0.2) is 5.01 Å². The second-order valence-electron chi connectivity index (χ2n) is 7.54. The molecule has 0 aliphatic carbocycles. The van der Waals surface area contributed by atoms with Crippen LogP contribution in [0, 0.1) is 18.7 Å². The van der Waals surface area contributed by atoms with E-state index in [1.54, 1.807) is 19.1 Å². The number of halogens is 4. The zero-order valence-corrected chi connectivity index (χ0v) is 18.0. The molecule has 1 aliphatic rings. The second kappa shape index (κ2) is 8.45. The van der Waals surface area contributed by atoms with E-state index in [2.05, 4.69) is 15.0 Å². The van der Waals surface area contributed by atoms with Crippen molar-refractivity contribution in [1.82, 2.24) is 19.5 Å². The maximum absolute atomic E-state index is 13.2. The largest absolute Gasteiger partial charge is 0.443 e. The van der Waals surface area contributed by atoms with E-state index in [1.807, 2.05) is 17.9 Å². The Morgan fingerprint density at radius 2 is 1.91 bits per heavy atom. The molecule has 32 heavy (non-hydrogen) atoms. The van der Waals surface area contributed by atoms with Gasteiger partial charge >= 0.3 is 11.9 Å². The van der Waals surface area contributed by atoms with Crippen LogP contribution in [0.5, 0.6) is 0 Å². The molecule has 6 nitrogen and oxygen atoms in total. The molecule has 11 heteroatoms. The monoisotopic (exact) mass is 465 g/mol. The van der Waals surface area contributed by atoms with Crippen LogP contribution < -0.4 is 10.6 Å². The van der Waals surface area contributed by atoms with Gasteiger partial charge in [0, 0.05) is 24.2 Å². The van der Waals surface area contributed by atoms with Gasteiger partial charge in [-0.05, 0) is 36.1 Å². The molecule has 0 unspecified atom stereocenters. The molecule has 0 saturated heterocycles. The van der Waals surface area contributed by atoms with Crippen LogP contribution in [0.15, 0.2) is 41.3 Å². The van der Waals surface area contributed by atoms with Gasteiger partial charge in [-0.2, -0.15) is 23.1 Å². The van der Waals surface area contributed by atoms with Gasteiger partial charge in [-0.1, -0.05) is 25.1 Å². The molecule has 1 aliphatic heterocycles. The summed E-state index contributed by atoms with van der Waals surface area (Å²) in [6.45, 7) is 4.60. The summed E-state index contributed by atoms with van der Waals surface area (Å²) in [6, 6.07) is 6.31. The minimum absolute atomic E-state index is 0.0796. The quantitative estimate of drug-likeness (QED) is 0.542. The molecule has 168 valence electrons. The minimum Gasteiger partial charge on any atom is -0.336 e. The molecule has 0 fully saturated rings. The van der Waals surface area contributed by atoms with Crippen molar-refractivity contribution in [3.05, 3.63) is 74.1 Å². The maximum Gasteiger partial charge on any atom is 0.443 e. The zero-order valence-electron chi connectivity index (χ0n) is 17.2. The average Bonchev–Trinajstić information content (AvgIpc) is 3.21. The number of benzene rings is 1. The number of rotatable bonds is 4. The first-order valence-corrected chi connectivity index (χ1v) is 10.6. The number of nitrogens with zero attached hydrogens (tertiary/aromatic N) is 5. The molecule has 2 aromatic heterocycles. The lowest BCUT2D eigenvalue weighted by atomic mass is 9.90. The van der Waals surface area contributed by atoms with Gasteiger partial charge in [0.2, 0.25) is 5.95 Å². The highest BCUT2D eigenvalue weighted by Gasteiger charge is 2.34. The molecule has 0 spiro atoms. The molecule has 0 amide bonds. The van der Waals surface area contributed by atoms with E-state index in [0.29, 0.717) is 30.3 Å². The van der Waals surface area contributed by atoms with Crippen LogP contribution in [-0.2, 0) is 12.7 Å². The van der Waals surface area contributed by atoms with Crippen LogP contribution in [0.25, 0.3) is 5.57 Å². The van der Waals surface area contributed by atoms with Crippen molar-refractivity contribution in [2.45, 2.75) is 26.6 Å². The topological polar surface area (TPSA) is 63.9 Å². The SMILES string of the molecule is Cc1nc(N2CC=C(c3ccc(F)cc3)[C@@H](C)C2)nc(=O)n1Cc1cnc(C(F)(F)F)s1. The smallest absolute Gasteiger partial charge is 0.336 e. The molecule has 1 atom stereocenters. The highest BCUT2D eigenvalue weighted by Crippen LogP contribution is 2.33. The van der Waals surface area contributed by atoms with Crippen LogP contribution in [0.2, 0.25) is 0 Å². The third kappa shape index (κ3) is 4.57. The lowest BCUT2D eigenvalue weighted by Crippen LogP contribution is -2.37. The summed E-state index contributed by atoms with van der Waals surface area (Å²) in [5.74, 6) is 0.420. The molecule has 0 N–H and O–H groups in total. The molecule has 1 aromatic carbocycles. The van der Waals surface area contributed by atoms with Crippen molar-refractivity contribution in [3.63, 3.8) is 0 Å². The third-order valence-electron chi connectivity index (χ3n) is 5.21. The molecular weight excluding hydrogens is 446 g/mol. The Morgan fingerprint density at radius 1 is 1.19 bits per heavy atom. The Morgan fingerprint density at radius 3 is 2.50 bits per heavy atom. The molecule has 3 aromatic rings. The molecule has 0 bridgehead atoms. The molecular formula is C21H19F4N5OS. The number of alkyl halides is 3. The van der Waals surface area contributed by atoms with E-state index in [-0.39, 0.29) is 29.1 Å². The summed E-state index contributed by atoms with van der Waals surface area (Å²) in [5.41, 5.74) is 1.43. The normalized spacial score (nSPS) is 16.9. The first kappa shape index (κ1) is 22.1. The number of hydrogen-bond acceptors (Lipinski definition) is 6. The van der Waals surface area contributed by atoms with Gasteiger partial charge in [0.1, 0.15) is 11.6 Å². The third-order valence-corrected chi connectivity index (χ3v) is 6.23. The maximum atomic E-state index is 13.2. The van der Waals surface area contributed by atoms with E-state index in [0.717, 1.165) is 17.3 Å². The van der Waals surface area contributed by atoms with E-state index in [4.69, 9.17) is 0 Å². The minimum atomic E-state index is -4.52. The second-order valence-corrected chi connectivity index (χ2v) is 8.66. The van der Waals surface area contributed by atoms with Crippen molar-refractivity contribution in [3.8, 4) is 0 Å².